The minimum Gasteiger partial charge on any atom is -0.379 e. The third kappa shape index (κ3) is 7.59. The Labute approximate surface area is 165 Å². The summed E-state index contributed by atoms with van der Waals surface area (Å²) in [6, 6.07) is 0. The molecule has 0 aromatic heterocycles. The Morgan fingerprint density at radius 2 is 1.72 bits per heavy atom. The molecule has 148 valence electrons. The third-order valence-electron chi connectivity index (χ3n) is 5.72. The number of nitrogens with zero attached hydrogens (tertiary/aromatic N) is 2. The van der Waals surface area contributed by atoms with Gasteiger partial charge in [-0.05, 0) is 57.0 Å². The number of nitrogens with one attached hydrogen (secondary N) is 1. The van der Waals surface area contributed by atoms with Crippen molar-refractivity contribution in [2.45, 2.75) is 38.5 Å². The Morgan fingerprint density at radius 3 is 2.44 bits per heavy atom. The van der Waals surface area contributed by atoms with E-state index < -0.39 is 0 Å². The molecule has 25 heavy (non-hydrogen) atoms. The number of ether oxygens (including phenoxy) is 1. The standard InChI is InChI=1S/C18H33N3O2.2ClH/c22-18(4-3-16-5-7-19-8-6-16)21-9-1-2-17(15-21)14-20-10-12-23-13-11-20;;/h16-17,19H,1-15H2;2*1H. The highest BCUT2D eigenvalue weighted by Gasteiger charge is 2.26. The number of carbonyl (C=O) groups excluding carboxylic acids is 1. The first-order valence-electron chi connectivity index (χ1n) is 9.60. The van der Waals surface area contributed by atoms with Crippen LogP contribution in [0.4, 0.5) is 0 Å². The molecule has 0 aliphatic carbocycles. The molecule has 1 N–H and O–H groups in total. The summed E-state index contributed by atoms with van der Waals surface area (Å²) in [5.41, 5.74) is 0. The van der Waals surface area contributed by atoms with Gasteiger partial charge in [-0.1, -0.05) is 0 Å². The highest BCUT2D eigenvalue weighted by atomic mass is 35.5. The smallest absolute Gasteiger partial charge is 0.222 e. The van der Waals surface area contributed by atoms with Crippen LogP contribution in [0.2, 0.25) is 0 Å². The van der Waals surface area contributed by atoms with E-state index in [-0.39, 0.29) is 24.8 Å². The molecular weight excluding hydrogens is 361 g/mol. The molecule has 3 saturated heterocycles. The van der Waals surface area contributed by atoms with Gasteiger partial charge < -0.3 is 15.0 Å². The number of halogens is 2. The summed E-state index contributed by atoms with van der Waals surface area (Å²) in [5.74, 6) is 1.81. The zero-order chi connectivity index (χ0) is 15.9. The SMILES string of the molecule is Cl.Cl.O=C(CCC1CCNCC1)N1CCCC(CN2CCOCC2)C1. The van der Waals surface area contributed by atoms with Crippen molar-refractivity contribution < 1.29 is 9.53 Å². The summed E-state index contributed by atoms with van der Waals surface area (Å²) in [6.07, 6.45) is 6.78. The summed E-state index contributed by atoms with van der Waals surface area (Å²) >= 11 is 0. The molecule has 3 aliphatic rings. The molecule has 0 spiro atoms. The minimum absolute atomic E-state index is 0. The number of morpholine rings is 1. The van der Waals surface area contributed by atoms with Gasteiger partial charge in [0.05, 0.1) is 13.2 Å². The van der Waals surface area contributed by atoms with E-state index in [0.29, 0.717) is 11.8 Å². The maximum absolute atomic E-state index is 12.6. The van der Waals surface area contributed by atoms with Crippen molar-refractivity contribution in [3.8, 4) is 0 Å². The van der Waals surface area contributed by atoms with Gasteiger partial charge in [-0.3, -0.25) is 9.69 Å². The predicted octanol–water partition coefficient (Wildman–Crippen LogP) is 2.18. The van der Waals surface area contributed by atoms with Crippen LogP contribution in [0.25, 0.3) is 0 Å². The van der Waals surface area contributed by atoms with E-state index in [1.54, 1.807) is 0 Å². The van der Waals surface area contributed by atoms with Gasteiger partial charge in [0, 0.05) is 39.1 Å². The Kier molecular flexibility index (Phi) is 11.3. The first kappa shape index (κ1) is 23.0. The molecule has 0 saturated carbocycles. The number of piperidine rings is 2. The van der Waals surface area contributed by atoms with E-state index in [0.717, 1.165) is 77.8 Å². The van der Waals surface area contributed by atoms with Crippen LogP contribution in [0.3, 0.4) is 0 Å². The lowest BCUT2D eigenvalue weighted by Gasteiger charge is -2.37. The second kappa shape index (κ2) is 12.3. The maximum Gasteiger partial charge on any atom is 0.222 e. The minimum atomic E-state index is 0. The van der Waals surface area contributed by atoms with Crippen LogP contribution in [0, 0.1) is 11.8 Å². The highest BCUT2D eigenvalue weighted by Crippen LogP contribution is 2.22. The van der Waals surface area contributed by atoms with E-state index in [4.69, 9.17) is 4.74 Å². The molecule has 0 bridgehead atoms. The molecule has 0 aromatic carbocycles. The summed E-state index contributed by atoms with van der Waals surface area (Å²) in [6.45, 7) is 9.19. The average molecular weight is 396 g/mol. The van der Waals surface area contributed by atoms with Crippen molar-refractivity contribution in [2.24, 2.45) is 11.8 Å². The number of hydrogen-bond donors (Lipinski definition) is 1. The number of carbonyl (C=O) groups is 1. The molecule has 7 heteroatoms. The molecule has 1 atom stereocenters. The fourth-order valence-electron chi connectivity index (χ4n) is 4.25. The Morgan fingerprint density at radius 1 is 1.00 bits per heavy atom. The molecule has 0 radical (unpaired) electrons. The largest absolute Gasteiger partial charge is 0.379 e. The van der Waals surface area contributed by atoms with Gasteiger partial charge in [0.1, 0.15) is 0 Å². The van der Waals surface area contributed by atoms with E-state index in [1.165, 1.54) is 25.7 Å². The molecule has 1 amide bonds. The normalized spacial score (nSPS) is 25.8. The molecule has 5 nitrogen and oxygen atoms in total. The van der Waals surface area contributed by atoms with Crippen molar-refractivity contribution >= 4 is 30.7 Å². The van der Waals surface area contributed by atoms with Crippen molar-refractivity contribution in [1.82, 2.24) is 15.1 Å². The zero-order valence-corrected chi connectivity index (χ0v) is 16.9. The topological polar surface area (TPSA) is 44.8 Å². The van der Waals surface area contributed by atoms with Gasteiger partial charge >= 0.3 is 0 Å². The van der Waals surface area contributed by atoms with Gasteiger partial charge in [-0.25, -0.2) is 0 Å². The average Bonchev–Trinajstić information content (AvgIpc) is 2.62. The number of rotatable bonds is 5. The van der Waals surface area contributed by atoms with Crippen LogP contribution >= 0.6 is 24.8 Å². The van der Waals surface area contributed by atoms with Crippen molar-refractivity contribution in [3.63, 3.8) is 0 Å². The van der Waals surface area contributed by atoms with Crippen molar-refractivity contribution in [1.29, 1.82) is 0 Å². The van der Waals surface area contributed by atoms with E-state index in [2.05, 4.69) is 15.1 Å². The van der Waals surface area contributed by atoms with Crippen LogP contribution in [0.1, 0.15) is 38.5 Å². The lowest BCUT2D eigenvalue weighted by Crippen LogP contribution is -2.46. The Bertz CT molecular complexity index is 375. The molecule has 3 aliphatic heterocycles. The summed E-state index contributed by atoms with van der Waals surface area (Å²) in [5, 5.41) is 3.40. The van der Waals surface area contributed by atoms with Gasteiger partial charge in [-0.15, -0.1) is 24.8 Å². The van der Waals surface area contributed by atoms with Gasteiger partial charge in [0.25, 0.3) is 0 Å². The molecule has 3 heterocycles. The second-order valence-corrected chi connectivity index (χ2v) is 7.49. The summed E-state index contributed by atoms with van der Waals surface area (Å²) < 4.78 is 5.43. The van der Waals surface area contributed by atoms with Gasteiger partial charge in [0.2, 0.25) is 5.91 Å². The van der Waals surface area contributed by atoms with E-state index >= 15 is 0 Å². The molecule has 3 fully saturated rings. The number of amides is 1. The summed E-state index contributed by atoms with van der Waals surface area (Å²) in [7, 11) is 0. The fourth-order valence-corrected chi connectivity index (χ4v) is 4.25. The Hall–Kier alpha value is -0.0700. The molecule has 1 unspecified atom stereocenters. The van der Waals surface area contributed by atoms with Crippen LogP contribution < -0.4 is 5.32 Å². The van der Waals surface area contributed by atoms with Crippen LogP contribution in [0.5, 0.6) is 0 Å². The second-order valence-electron chi connectivity index (χ2n) is 7.49. The predicted molar refractivity (Wildman–Crippen MR) is 106 cm³/mol. The van der Waals surface area contributed by atoms with Crippen LogP contribution in [-0.2, 0) is 9.53 Å². The quantitative estimate of drug-likeness (QED) is 0.774. The molecular formula is C18H35Cl2N3O2. The van der Waals surface area contributed by atoms with Crippen LogP contribution in [0.15, 0.2) is 0 Å². The van der Waals surface area contributed by atoms with E-state index in [1.807, 2.05) is 0 Å². The Balaban J connectivity index is 0.00000156. The molecule has 0 aromatic rings. The lowest BCUT2D eigenvalue weighted by atomic mass is 9.92. The summed E-state index contributed by atoms with van der Waals surface area (Å²) in [4.78, 5) is 17.2. The fraction of sp³-hybridized carbons (Fsp3) is 0.944. The number of hydrogen-bond acceptors (Lipinski definition) is 4. The third-order valence-corrected chi connectivity index (χ3v) is 5.72. The van der Waals surface area contributed by atoms with Crippen molar-refractivity contribution in [2.75, 3.05) is 59.0 Å². The van der Waals surface area contributed by atoms with Crippen molar-refractivity contribution in [3.05, 3.63) is 0 Å². The van der Waals surface area contributed by atoms with Gasteiger partial charge in [-0.2, -0.15) is 0 Å². The number of likely N-dealkylation sites (tertiary alicyclic amines) is 1. The lowest BCUT2D eigenvalue weighted by molar-refractivity contribution is -0.133. The zero-order valence-electron chi connectivity index (χ0n) is 15.3. The highest BCUT2D eigenvalue weighted by molar-refractivity contribution is 5.85. The molecule has 3 rings (SSSR count). The first-order valence-corrected chi connectivity index (χ1v) is 9.60. The van der Waals surface area contributed by atoms with E-state index in [9.17, 15) is 4.79 Å². The first-order chi connectivity index (χ1) is 11.3. The monoisotopic (exact) mass is 395 g/mol. The maximum atomic E-state index is 12.6. The van der Waals surface area contributed by atoms with Crippen LogP contribution in [-0.4, -0.2) is 74.7 Å². The van der Waals surface area contributed by atoms with Gasteiger partial charge in [0.15, 0.2) is 0 Å².